The van der Waals surface area contributed by atoms with Gasteiger partial charge in [0.2, 0.25) is 14.0 Å². The summed E-state index contributed by atoms with van der Waals surface area (Å²) < 4.78 is 22.6. The maximum Gasteiger partial charge on any atom is 0.206 e. The standard InChI is InChI=1S/C6H5BrN4O2S2/c1-15(12,13)14-6-8-2-3-4(7)10-11-5(3)9-6/h2H,1H3,(H,8,9,10,11). The summed E-state index contributed by atoms with van der Waals surface area (Å²) in [5.41, 5.74) is 0.503. The number of nitrogens with zero attached hydrogens (tertiary/aromatic N) is 3. The van der Waals surface area contributed by atoms with E-state index >= 15 is 0 Å². The van der Waals surface area contributed by atoms with Crippen LogP contribution < -0.4 is 0 Å². The van der Waals surface area contributed by atoms with E-state index in [0.717, 1.165) is 6.26 Å². The molecule has 0 bridgehead atoms. The van der Waals surface area contributed by atoms with Crippen LogP contribution in [0.15, 0.2) is 16.0 Å². The quantitative estimate of drug-likeness (QED) is 0.661. The Balaban J connectivity index is 2.48. The average molecular weight is 309 g/mol. The minimum Gasteiger partial charge on any atom is -0.260 e. The van der Waals surface area contributed by atoms with E-state index in [1.807, 2.05) is 0 Å². The fraction of sp³-hybridized carbons (Fsp3) is 0.167. The molecule has 0 spiro atoms. The van der Waals surface area contributed by atoms with Crippen molar-refractivity contribution >= 4 is 46.6 Å². The van der Waals surface area contributed by atoms with Crippen LogP contribution in [0.25, 0.3) is 11.0 Å². The lowest BCUT2D eigenvalue weighted by Gasteiger charge is -1.95. The highest BCUT2D eigenvalue weighted by Crippen LogP contribution is 2.23. The third-order valence-corrected chi connectivity index (χ3v) is 4.08. The van der Waals surface area contributed by atoms with Gasteiger partial charge in [0, 0.05) is 23.2 Å². The maximum atomic E-state index is 11.0. The molecule has 0 unspecified atom stereocenters. The topological polar surface area (TPSA) is 88.6 Å². The van der Waals surface area contributed by atoms with Gasteiger partial charge < -0.3 is 0 Å². The third-order valence-electron chi connectivity index (χ3n) is 1.47. The van der Waals surface area contributed by atoms with E-state index in [0.29, 0.717) is 26.4 Å². The van der Waals surface area contributed by atoms with E-state index < -0.39 is 8.87 Å². The van der Waals surface area contributed by atoms with Crippen molar-refractivity contribution in [1.82, 2.24) is 20.2 Å². The first-order valence-corrected chi connectivity index (χ1v) is 7.73. The van der Waals surface area contributed by atoms with Crippen molar-refractivity contribution in [2.24, 2.45) is 0 Å². The molecule has 0 saturated carbocycles. The first kappa shape index (κ1) is 10.8. The van der Waals surface area contributed by atoms with Crippen LogP contribution in [0.4, 0.5) is 0 Å². The molecular weight excluding hydrogens is 304 g/mol. The molecule has 1 N–H and O–H groups in total. The molecule has 80 valence electrons. The molecule has 2 aromatic rings. The van der Waals surface area contributed by atoms with Gasteiger partial charge in [0.1, 0.15) is 4.60 Å². The number of H-pyrrole nitrogens is 1. The molecule has 0 aliphatic heterocycles. The van der Waals surface area contributed by atoms with Gasteiger partial charge in [-0.05, 0) is 15.9 Å². The zero-order chi connectivity index (χ0) is 11.1. The van der Waals surface area contributed by atoms with Gasteiger partial charge in [0.15, 0.2) is 5.65 Å². The van der Waals surface area contributed by atoms with Crippen LogP contribution in [0.1, 0.15) is 0 Å². The average Bonchev–Trinajstić information content (AvgIpc) is 2.45. The van der Waals surface area contributed by atoms with Gasteiger partial charge in [-0.15, -0.1) is 0 Å². The third kappa shape index (κ3) is 2.47. The number of aromatic nitrogens is 4. The van der Waals surface area contributed by atoms with Gasteiger partial charge in [0.05, 0.1) is 5.39 Å². The Morgan fingerprint density at radius 2 is 2.27 bits per heavy atom. The number of hydrogen-bond acceptors (Lipinski definition) is 6. The molecule has 6 nitrogen and oxygen atoms in total. The van der Waals surface area contributed by atoms with Gasteiger partial charge in [-0.3, -0.25) is 5.10 Å². The summed E-state index contributed by atoms with van der Waals surface area (Å²) in [7, 11) is -2.58. The Kier molecular flexibility index (Phi) is 2.69. The van der Waals surface area contributed by atoms with E-state index in [-0.39, 0.29) is 5.16 Å². The van der Waals surface area contributed by atoms with Crippen LogP contribution in [0.2, 0.25) is 0 Å². The van der Waals surface area contributed by atoms with Crippen LogP contribution in [0.3, 0.4) is 0 Å². The Morgan fingerprint density at radius 3 is 2.93 bits per heavy atom. The number of rotatable bonds is 2. The van der Waals surface area contributed by atoms with Gasteiger partial charge in [0.25, 0.3) is 0 Å². The summed E-state index contributed by atoms with van der Waals surface area (Å²) in [4.78, 5) is 7.91. The Morgan fingerprint density at radius 1 is 1.53 bits per heavy atom. The van der Waals surface area contributed by atoms with E-state index in [4.69, 9.17) is 0 Å². The number of halogens is 1. The molecule has 0 aliphatic rings. The van der Waals surface area contributed by atoms with E-state index in [1.165, 1.54) is 6.20 Å². The van der Waals surface area contributed by atoms with Crippen LogP contribution in [0.5, 0.6) is 0 Å². The molecule has 9 heteroatoms. The lowest BCUT2D eigenvalue weighted by atomic mass is 10.5. The van der Waals surface area contributed by atoms with Crippen LogP contribution in [0, 0.1) is 0 Å². The van der Waals surface area contributed by atoms with Gasteiger partial charge in [-0.2, -0.15) is 5.10 Å². The van der Waals surface area contributed by atoms with Crippen molar-refractivity contribution in [1.29, 1.82) is 0 Å². The van der Waals surface area contributed by atoms with E-state index in [2.05, 4.69) is 36.1 Å². The first-order chi connectivity index (χ1) is 6.96. The summed E-state index contributed by atoms with van der Waals surface area (Å²) in [6.45, 7) is 0. The molecular formula is C6H5BrN4O2S2. The highest BCUT2D eigenvalue weighted by Gasteiger charge is 2.11. The minimum absolute atomic E-state index is 0.182. The second kappa shape index (κ2) is 3.72. The summed E-state index contributed by atoms with van der Waals surface area (Å²) in [6, 6.07) is 0. The van der Waals surface area contributed by atoms with Gasteiger partial charge in [-0.25, -0.2) is 18.4 Å². The summed E-state index contributed by atoms with van der Waals surface area (Å²) in [5.74, 6) is 0. The zero-order valence-electron chi connectivity index (χ0n) is 7.43. The molecule has 0 saturated heterocycles. The fourth-order valence-corrected chi connectivity index (χ4v) is 2.87. The Labute approximate surface area is 97.3 Å². The van der Waals surface area contributed by atoms with Crippen molar-refractivity contribution in [3.8, 4) is 0 Å². The van der Waals surface area contributed by atoms with Crippen LogP contribution in [-0.4, -0.2) is 34.8 Å². The van der Waals surface area contributed by atoms with Crippen molar-refractivity contribution < 1.29 is 8.42 Å². The van der Waals surface area contributed by atoms with Crippen molar-refractivity contribution in [2.45, 2.75) is 5.16 Å². The predicted molar refractivity (Wildman–Crippen MR) is 60.1 cm³/mol. The molecule has 2 heterocycles. The molecule has 0 aliphatic carbocycles. The van der Waals surface area contributed by atoms with Gasteiger partial charge >= 0.3 is 0 Å². The molecule has 2 aromatic heterocycles. The molecule has 0 amide bonds. The summed E-state index contributed by atoms with van der Waals surface area (Å²) >= 11 is 3.21. The number of fused-ring (bicyclic) bond motifs is 1. The lowest BCUT2D eigenvalue weighted by Crippen LogP contribution is -1.93. The Bertz CT molecular complexity index is 609. The second-order valence-electron chi connectivity index (χ2n) is 2.72. The molecule has 0 atom stereocenters. The molecule has 0 radical (unpaired) electrons. The smallest absolute Gasteiger partial charge is 0.206 e. The summed E-state index contributed by atoms with van der Waals surface area (Å²) in [6.07, 6.45) is 2.62. The van der Waals surface area contributed by atoms with Crippen LogP contribution in [-0.2, 0) is 8.87 Å². The molecule has 0 aromatic carbocycles. The normalized spacial score (nSPS) is 12.1. The second-order valence-corrected chi connectivity index (χ2v) is 7.72. The largest absolute Gasteiger partial charge is 0.260 e. The molecule has 15 heavy (non-hydrogen) atoms. The SMILES string of the molecule is CS(=O)(=O)Sc1ncc2c(Br)n[nH]c2n1. The number of aromatic amines is 1. The minimum atomic E-state index is -3.19. The maximum absolute atomic E-state index is 11.0. The number of hydrogen-bond donors (Lipinski definition) is 1. The van der Waals surface area contributed by atoms with Crippen molar-refractivity contribution in [3.63, 3.8) is 0 Å². The first-order valence-electron chi connectivity index (χ1n) is 3.72. The monoisotopic (exact) mass is 308 g/mol. The highest BCUT2D eigenvalue weighted by atomic mass is 79.9. The molecule has 2 rings (SSSR count). The fourth-order valence-electron chi connectivity index (χ4n) is 0.940. The highest BCUT2D eigenvalue weighted by molar-refractivity contribution is 9.10. The number of nitrogens with one attached hydrogen (secondary N) is 1. The zero-order valence-corrected chi connectivity index (χ0v) is 10.6. The Hall–Kier alpha value is -0.670. The van der Waals surface area contributed by atoms with E-state index in [1.54, 1.807) is 0 Å². The van der Waals surface area contributed by atoms with Crippen molar-refractivity contribution in [2.75, 3.05) is 6.26 Å². The van der Waals surface area contributed by atoms with Crippen LogP contribution >= 0.6 is 26.7 Å². The molecule has 0 fully saturated rings. The lowest BCUT2D eigenvalue weighted by molar-refractivity contribution is 0.615. The van der Waals surface area contributed by atoms with Gasteiger partial charge in [-0.1, -0.05) is 0 Å². The van der Waals surface area contributed by atoms with Crippen molar-refractivity contribution in [3.05, 3.63) is 10.8 Å². The predicted octanol–water partition coefficient (Wildman–Crippen LogP) is 1.17. The summed E-state index contributed by atoms with van der Waals surface area (Å²) in [5, 5.41) is 7.42. The van der Waals surface area contributed by atoms with E-state index in [9.17, 15) is 8.42 Å².